The van der Waals surface area contributed by atoms with E-state index in [0.717, 1.165) is 16.9 Å². The van der Waals surface area contributed by atoms with Gasteiger partial charge in [0.05, 0.1) is 17.6 Å². The molecule has 1 heterocycles. The van der Waals surface area contributed by atoms with Gasteiger partial charge >= 0.3 is 0 Å². The number of aliphatic hydroxyl groups excluding tert-OH is 1. The van der Waals surface area contributed by atoms with Gasteiger partial charge in [-0.1, -0.05) is 12.1 Å². The Hall–Kier alpha value is -1.35. The number of aliphatic hydroxyl groups is 1. The second kappa shape index (κ2) is 4.03. The fraction of sp³-hybridized carbons (Fsp3) is 0.417. The molecule has 0 aliphatic carbocycles. The molecule has 0 saturated carbocycles. The molecule has 0 fully saturated rings. The van der Waals surface area contributed by atoms with Gasteiger partial charge in [-0.25, -0.2) is 4.98 Å². The Labute approximate surface area is 89.4 Å². The van der Waals surface area contributed by atoms with Crippen molar-refractivity contribution in [3.63, 3.8) is 0 Å². The first-order valence-electron chi connectivity index (χ1n) is 5.30. The normalized spacial score (nSPS) is 11.5. The summed E-state index contributed by atoms with van der Waals surface area (Å²) in [6, 6.07) is 8.46. The fourth-order valence-corrected chi connectivity index (χ4v) is 1.95. The largest absolute Gasteiger partial charge is 0.396 e. The molecule has 1 N–H and O–H groups in total. The van der Waals surface area contributed by atoms with Crippen LogP contribution in [0.3, 0.4) is 0 Å². The molecule has 3 nitrogen and oxygen atoms in total. The van der Waals surface area contributed by atoms with Crippen molar-refractivity contribution in [3.05, 3.63) is 30.1 Å². The maximum Gasteiger partial charge on any atom is 0.112 e. The van der Waals surface area contributed by atoms with Gasteiger partial charge in [0.2, 0.25) is 0 Å². The van der Waals surface area contributed by atoms with Crippen LogP contribution in [0.2, 0.25) is 0 Å². The first kappa shape index (κ1) is 10.2. The molecule has 1 aromatic carbocycles. The predicted molar refractivity (Wildman–Crippen MR) is 60.9 cm³/mol. The van der Waals surface area contributed by atoms with E-state index in [2.05, 4.69) is 29.5 Å². The van der Waals surface area contributed by atoms with Crippen LogP contribution < -0.4 is 0 Å². The van der Waals surface area contributed by atoms with Gasteiger partial charge in [0, 0.05) is 12.5 Å². The van der Waals surface area contributed by atoms with Crippen molar-refractivity contribution in [1.82, 2.24) is 9.55 Å². The Morgan fingerprint density at radius 3 is 2.73 bits per heavy atom. The van der Waals surface area contributed by atoms with Gasteiger partial charge in [-0.3, -0.25) is 0 Å². The summed E-state index contributed by atoms with van der Waals surface area (Å²) in [5.41, 5.74) is 2.16. The van der Waals surface area contributed by atoms with Gasteiger partial charge in [0.15, 0.2) is 0 Å². The number of imidazole rings is 1. The molecule has 0 amide bonds. The average molecular weight is 204 g/mol. The Morgan fingerprint density at radius 1 is 1.33 bits per heavy atom. The molecule has 80 valence electrons. The van der Waals surface area contributed by atoms with Crippen LogP contribution in [0.15, 0.2) is 24.3 Å². The predicted octanol–water partition coefficient (Wildman–Crippen LogP) is 2.15. The van der Waals surface area contributed by atoms with E-state index in [-0.39, 0.29) is 6.61 Å². The minimum atomic E-state index is 0.149. The molecule has 0 bridgehead atoms. The molecule has 1 aromatic heterocycles. The van der Waals surface area contributed by atoms with Crippen molar-refractivity contribution in [2.45, 2.75) is 26.3 Å². The minimum absolute atomic E-state index is 0.149. The molecule has 0 aliphatic rings. The monoisotopic (exact) mass is 204 g/mol. The van der Waals surface area contributed by atoms with Crippen molar-refractivity contribution in [3.8, 4) is 0 Å². The summed E-state index contributed by atoms with van der Waals surface area (Å²) < 4.78 is 2.19. The van der Waals surface area contributed by atoms with E-state index in [4.69, 9.17) is 5.11 Å². The number of para-hydroxylation sites is 2. The maximum absolute atomic E-state index is 9.00. The van der Waals surface area contributed by atoms with Crippen LogP contribution >= 0.6 is 0 Å². The lowest BCUT2D eigenvalue weighted by Gasteiger charge is -2.12. The third-order valence-electron chi connectivity index (χ3n) is 2.52. The number of rotatable bonds is 3. The van der Waals surface area contributed by atoms with E-state index >= 15 is 0 Å². The van der Waals surface area contributed by atoms with Crippen LogP contribution in [0.5, 0.6) is 0 Å². The molecule has 0 atom stereocenters. The van der Waals surface area contributed by atoms with Crippen molar-refractivity contribution < 1.29 is 5.11 Å². The van der Waals surface area contributed by atoms with E-state index < -0.39 is 0 Å². The number of benzene rings is 1. The van der Waals surface area contributed by atoms with Crippen molar-refractivity contribution in [1.29, 1.82) is 0 Å². The fourth-order valence-electron chi connectivity index (χ4n) is 1.95. The highest BCUT2D eigenvalue weighted by Gasteiger charge is 2.11. The smallest absolute Gasteiger partial charge is 0.112 e. The van der Waals surface area contributed by atoms with Gasteiger partial charge < -0.3 is 9.67 Å². The van der Waals surface area contributed by atoms with Gasteiger partial charge in [-0.2, -0.15) is 0 Å². The van der Waals surface area contributed by atoms with Crippen LogP contribution in [0.25, 0.3) is 11.0 Å². The molecule has 0 unspecified atom stereocenters. The Bertz CT molecular complexity index is 460. The van der Waals surface area contributed by atoms with Crippen LogP contribution in [0.1, 0.15) is 25.7 Å². The zero-order valence-corrected chi connectivity index (χ0v) is 9.14. The summed E-state index contributed by atoms with van der Waals surface area (Å²) in [7, 11) is 0. The highest BCUT2D eigenvalue weighted by atomic mass is 16.3. The SMILES string of the molecule is CC(C)n1c(CCO)nc2ccccc21. The topological polar surface area (TPSA) is 38.0 Å². The molecule has 15 heavy (non-hydrogen) atoms. The van der Waals surface area contributed by atoms with Gasteiger partial charge in [0.1, 0.15) is 5.82 Å². The third kappa shape index (κ3) is 1.75. The summed E-state index contributed by atoms with van der Waals surface area (Å²) in [5, 5.41) is 9.00. The first-order chi connectivity index (χ1) is 7.24. The van der Waals surface area contributed by atoms with Crippen molar-refractivity contribution >= 4 is 11.0 Å². The molecule has 2 aromatic rings. The lowest BCUT2D eigenvalue weighted by atomic mass is 10.3. The Kier molecular flexibility index (Phi) is 2.73. The van der Waals surface area contributed by atoms with Crippen LogP contribution in [-0.4, -0.2) is 21.3 Å². The molecule has 0 spiro atoms. The zero-order valence-electron chi connectivity index (χ0n) is 9.14. The quantitative estimate of drug-likeness (QED) is 0.832. The first-order valence-corrected chi connectivity index (χ1v) is 5.30. The van der Waals surface area contributed by atoms with Crippen molar-refractivity contribution in [2.24, 2.45) is 0 Å². The summed E-state index contributed by atoms with van der Waals surface area (Å²) in [4.78, 5) is 4.53. The van der Waals surface area contributed by atoms with Gasteiger partial charge in [-0.05, 0) is 26.0 Å². The highest BCUT2D eigenvalue weighted by Crippen LogP contribution is 2.20. The second-order valence-corrected chi connectivity index (χ2v) is 3.95. The van der Waals surface area contributed by atoms with Crippen molar-refractivity contribution in [2.75, 3.05) is 6.61 Å². The van der Waals surface area contributed by atoms with E-state index in [9.17, 15) is 0 Å². The maximum atomic E-state index is 9.00. The molecule has 0 radical (unpaired) electrons. The van der Waals surface area contributed by atoms with Gasteiger partial charge in [-0.15, -0.1) is 0 Å². The molecule has 2 rings (SSSR count). The van der Waals surface area contributed by atoms with Crippen LogP contribution in [0.4, 0.5) is 0 Å². The lowest BCUT2D eigenvalue weighted by molar-refractivity contribution is 0.294. The second-order valence-electron chi connectivity index (χ2n) is 3.95. The summed E-state index contributed by atoms with van der Waals surface area (Å²) >= 11 is 0. The number of hydrogen-bond acceptors (Lipinski definition) is 2. The minimum Gasteiger partial charge on any atom is -0.396 e. The summed E-state index contributed by atoms with van der Waals surface area (Å²) in [6.07, 6.45) is 0.618. The molecule has 0 aliphatic heterocycles. The molecule has 3 heteroatoms. The third-order valence-corrected chi connectivity index (χ3v) is 2.52. The van der Waals surface area contributed by atoms with Crippen LogP contribution in [-0.2, 0) is 6.42 Å². The summed E-state index contributed by atoms with van der Waals surface area (Å²) in [6.45, 7) is 4.42. The molecule has 0 saturated heterocycles. The Morgan fingerprint density at radius 2 is 2.07 bits per heavy atom. The Balaban J connectivity index is 2.63. The molecular formula is C12H16N2O. The van der Waals surface area contributed by atoms with E-state index in [0.29, 0.717) is 12.5 Å². The lowest BCUT2D eigenvalue weighted by Crippen LogP contribution is -2.07. The van der Waals surface area contributed by atoms with Gasteiger partial charge in [0.25, 0.3) is 0 Å². The van der Waals surface area contributed by atoms with E-state index in [1.165, 1.54) is 0 Å². The molecular weight excluding hydrogens is 188 g/mol. The summed E-state index contributed by atoms with van der Waals surface area (Å²) in [5.74, 6) is 0.966. The van der Waals surface area contributed by atoms with E-state index in [1.807, 2.05) is 18.2 Å². The highest BCUT2D eigenvalue weighted by molar-refractivity contribution is 5.76. The zero-order chi connectivity index (χ0) is 10.8. The average Bonchev–Trinajstić information content (AvgIpc) is 2.56. The van der Waals surface area contributed by atoms with Crippen LogP contribution in [0, 0.1) is 0 Å². The number of fused-ring (bicyclic) bond motifs is 1. The number of aromatic nitrogens is 2. The standard InChI is InChI=1S/C12H16N2O/c1-9(2)14-11-6-4-3-5-10(11)13-12(14)7-8-15/h3-6,9,15H,7-8H2,1-2H3. The number of nitrogens with zero attached hydrogens (tertiary/aromatic N) is 2. The van der Waals surface area contributed by atoms with E-state index in [1.54, 1.807) is 0 Å². The number of hydrogen-bond donors (Lipinski definition) is 1.